The van der Waals surface area contributed by atoms with Crippen molar-refractivity contribution in [1.82, 2.24) is 0 Å². The van der Waals surface area contributed by atoms with Gasteiger partial charge < -0.3 is 17.0 Å². The predicted octanol–water partition coefficient (Wildman–Crippen LogP) is -2.81. The number of halogens is 1. The predicted molar refractivity (Wildman–Crippen MR) is 38.9 cm³/mol. The van der Waals surface area contributed by atoms with E-state index in [1.807, 2.05) is 0 Å². The molecule has 0 fully saturated rings. The summed E-state index contributed by atoms with van der Waals surface area (Å²) in [6.07, 6.45) is 7.68. The van der Waals surface area contributed by atoms with Crippen molar-refractivity contribution in [1.29, 1.82) is 0 Å². The molecule has 0 atom stereocenters. The Kier molecular flexibility index (Phi) is 52.7. The molecule has 0 heterocycles. The molecule has 13 heavy (non-hydrogen) atoms. The van der Waals surface area contributed by atoms with Gasteiger partial charge in [-0.15, -0.1) is 0 Å². The van der Waals surface area contributed by atoms with E-state index in [1.165, 1.54) is 6.42 Å². The van der Waals surface area contributed by atoms with Gasteiger partial charge in [-0.05, 0) is 0 Å². The molecule has 0 amide bonds. The maximum absolute atomic E-state index is 7.50. The van der Waals surface area contributed by atoms with Crippen LogP contribution in [-0.4, -0.2) is 20.4 Å². The molecular formula is C8H5BrO3W. The monoisotopic (exact) mass is 412 g/mol. The zero-order valence-electron chi connectivity index (χ0n) is 6.45. The third-order valence-corrected chi connectivity index (χ3v) is 1.82. The van der Waals surface area contributed by atoms with Crippen molar-refractivity contribution < 1.29 is 51.2 Å². The number of hydrogen-bond acceptors (Lipinski definition) is 3. The first-order valence-corrected chi connectivity index (χ1v) is 4.00. The second-order valence-corrected chi connectivity index (χ2v) is 3.15. The summed E-state index contributed by atoms with van der Waals surface area (Å²) >= 11 is 1.61. The molecule has 0 spiro atoms. The summed E-state index contributed by atoms with van der Waals surface area (Å²) in [6, 6.07) is 0. The fraction of sp³-hybridized carbons (Fsp3) is 0.125. The van der Waals surface area contributed by atoms with Gasteiger partial charge in [-0.2, -0.15) is 0 Å². The quantitative estimate of drug-likeness (QED) is 0.431. The summed E-state index contributed by atoms with van der Waals surface area (Å²) in [5.74, 6) is 0. The van der Waals surface area contributed by atoms with E-state index in [-0.39, 0.29) is 17.0 Å². The van der Waals surface area contributed by atoms with E-state index in [1.54, 1.807) is 23.8 Å². The van der Waals surface area contributed by atoms with Crippen molar-refractivity contribution in [3.8, 4) is 0 Å². The first kappa shape index (κ1) is 22.9. The van der Waals surface area contributed by atoms with E-state index >= 15 is 0 Å². The Balaban J connectivity index is -0.0000000508. The molecular weight excluding hydrogens is 408 g/mol. The molecule has 0 unspecified atom stereocenters. The Morgan fingerprint density at radius 1 is 1.08 bits per heavy atom. The second kappa shape index (κ2) is 29.9. The van der Waals surface area contributed by atoms with Gasteiger partial charge >= 0.3 is 48.4 Å². The van der Waals surface area contributed by atoms with Gasteiger partial charge in [0.2, 0.25) is 0 Å². The summed E-state index contributed by atoms with van der Waals surface area (Å²) in [6.45, 7) is 13.5. The molecule has 0 saturated carbocycles. The van der Waals surface area contributed by atoms with Gasteiger partial charge in [0.05, 0.1) is 0 Å². The number of rotatable bonds is 0. The fourth-order valence-electron chi connectivity index (χ4n) is 0.428. The molecule has 1 aliphatic carbocycles. The topological polar surface area (TPSA) is 51.2 Å². The first-order valence-electron chi connectivity index (χ1n) is 2.53. The van der Waals surface area contributed by atoms with Gasteiger partial charge in [-0.3, -0.25) is 14.4 Å². The Hall–Kier alpha value is -0.342. The molecule has 0 saturated heterocycles. The molecule has 1 aliphatic rings. The van der Waals surface area contributed by atoms with Crippen LogP contribution in [0.2, 0.25) is 0 Å². The molecule has 5 heteroatoms. The van der Waals surface area contributed by atoms with Gasteiger partial charge in [0.1, 0.15) is 0 Å². The van der Waals surface area contributed by atoms with Crippen LogP contribution in [0.5, 0.6) is 0 Å². The standard InChI is InChI=1S/C5H5.3CO.BrH.W/c1-2-4-5-3-1;3*1-2;;/h1-3H,4H2;;;;1H;/q;;;;;+1/p-1. The molecule has 0 aliphatic heterocycles. The molecule has 68 valence electrons. The molecule has 0 aromatic rings. The Labute approximate surface area is 99.9 Å². The van der Waals surface area contributed by atoms with E-state index in [9.17, 15) is 0 Å². The first-order chi connectivity index (χ1) is 5.89. The summed E-state index contributed by atoms with van der Waals surface area (Å²) < 4.78 is 1.55. The zero-order valence-corrected chi connectivity index (χ0v) is 11.0. The van der Waals surface area contributed by atoms with Crippen LogP contribution < -0.4 is 17.0 Å². The van der Waals surface area contributed by atoms with Crippen molar-refractivity contribution in [3.05, 3.63) is 22.2 Å². The van der Waals surface area contributed by atoms with Crippen LogP contribution >= 0.6 is 0 Å². The number of carbonyl (C=O) groups excluding carboxylic acids is 3. The number of allylic oxidation sites excluding steroid dienone is 4. The van der Waals surface area contributed by atoms with Gasteiger partial charge in [-0.1, -0.05) is 0 Å². The van der Waals surface area contributed by atoms with Crippen LogP contribution in [0.1, 0.15) is 6.42 Å². The minimum absolute atomic E-state index is 0. The summed E-state index contributed by atoms with van der Waals surface area (Å²) in [4.78, 5) is 22.5. The fourth-order valence-corrected chi connectivity index (χ4v) is 1.06. The Bertz CT molecular complexity index is 144. The normalized spacial score (nSPS) is 9.38. The van der Waals surface area contributed by atoms with Crippen LogP contribution in [0.4, 0.5) is 0 Å². The van der Waals surface area contributed by atoms with Gasteiger partial charge in [-0.25, -0.2) is 0 Å². The van der Waals surface area contributed by atoms with Crippen molar-refractivity contribution in [2.45, 2.75) is 6.42 Å². The van der Waals surface area contributed by atoms with E-state index in [0.717, 1.165) is 0 Å². The van der Waals surface area contributed by atoms with Gasteiger partial charge in [0, 0.05) is 0 Å². The van der Waals surface area contributed by atoms with Crippen molar-refractivity contribution >= 4 is 20.4 Å². The SMILES string of the molecule is [Br-].[C]=O.[C]=O.[C]=O.[W+][C]1=CC=CC1. The molecule has 0 bridgehead atoms. The van der Waals surface area contributed by atoms with Gasteiger partial charge in [0.25, 0.3) is 20.4 Å². The van der Waals surface area contributed by atoms with Crippen LogP contribution in [0.3, 0.4) is 0 Å². The summed E-state index contributed by atoms with van der Waals surface area (Å²) in [5.41, 5.74) is 0. The Morgan fingerprint density at radius 3 is 1.54 bits per heavy atom. The van der Waals surface area contributed by atoms with Crippen molar-refractivity contribution in [2.24, 2.45) is 0 Å². The van der Waals surface area contributed by atoms with E-state index < -0.39 is 0 Å². The summed E-state index contributed by atoms with van der Waals surface area (Å²) in [7, 11) is 0. The average Bonchev–Trinajstić information content (AvgIpc) is 2.66. The van der Waals surface area contributed by atoms with Crippen molar-refractivity contribution in [3.63, 3.8) is 0 Å². The minimum atomic E-state index is 0. The van der Waals surface area contributed by atoms with E-state index in [4.69, 9.17) is 14.4 Å². The Morgan fingerprint density at radius 2 is 1.46 bits per heavy atom. The molecule has 6 radical (unpaired) electrons. The number of hydrogen-bond donors (Lipinski definition) is 0. The average molecular weight is 413 g/mol. The van der Waals surface area contributed by atoms with E-state index in [2.05, 4.69) is 38.6 Å². The van der Waals surface area contributed by atoms with Crippen LogP contribution in [0.25, 0.3) is 0 Å². The van der Waals surface area contributed by atoms with E-state index in [0.29, 0.717) is 0 Å². The summed E-state index contributed by atoms with van der Waals surface area (Å²) in [5, 5.41) is 0. The molecule has 0 aromatic heterocycles. The maximum atomic E-state index is 7.50. The van der Waals surface area contributed by atoms with Gasteiger partial charge in [0.15, 0.2) is 0 Å². The third kappa shape index (κ3) is 24.5. The van der Waals surface area contributed by atoms with Crippen molar-refractivity contribution in [2.75, 3.05) is 0 Å². The molecule has 0 N–H and O–H groups in total. The molecule has 1 rings (SSSR count). The third-order valence-electron chi connectivity index (χ3n) is 0.737. The molecule has 0 aromatic carbocycles. The van der Waals surface area contributed by atoms with Crippen LogP contribution in [0, 0.1) is 0 Å². The van der Waals surface area contributed by atoms with Crippen LogP contribution in [0.15, 0.2) is 22.2 Å². The van der Waals surface area contributed by atoms with Crippen LogP contribution in [-0.2, 0) is 34.2 Å². The molecule has 3 nitrogen and oxygen atoms in total. The second-order valence-electron chi connectivity index (χ2n) is 1.27. The zero-order chi connectivity index (χ0) is 10.4.